The molecule has 0 bridgehead atoms. The fourth-order valence-corrected chi connectivity index (χ4v) is 3.79. The smallest absolute Gasteiger partial charge is 0.266 e. The minimum Gasteiger partial charge on any atom is -0.494 e. The van der Waals surface area contributed by atoms with Crippen molar-refractivity contribution in [3.63, 3.8) is 0 Å². The molecule has 3 N–H and O–H groups in total. The molecule has 1 amide bonds. The quantitative estimate of drug-likeness (QED) is 0.256. The molecule has 0 saturated heterocycles. The first-order valence-electron chi connectivity index (χ1n) is 12.1. The Morgan fingerprint density at radius 3 is 2.59 bits per heavy atom. The van der Waals surface area contributed by atoms with Crippen LogP contribution in [0.3, 0.4) is 0 Å². The van der Waals surface area contributed by atoms with Crippen molar-refractivity contribution in [1.82, 2.24) is 10.9 Å². The Balaban J connectivity index is 1.49. The van der Waals surface area contributed by atoms with Crippen LogP contribution >= 0.6 is 0 Å². The van der Waals surface area contributed by atoms with Crippen LogP contribution < -0.4 is 15.6 Å². The summed E-state index contributed by atoms with van der Waals surface area (Å²) in [6.45, 7) is 0.678. The Hall–Kier alpha value is -4.01. The maximum Gasteiger partial charge on any atom is 0.266 e. The summed E-state index contributed by atoms with van der Waals surface area (Å²) in [7, 11) is 0. The lowest BCUT2D eigenvalue weighted by molar-refractivity contribution is -0.127. The summed E-state index contributed by atoms with van der Waals surface area (Å²) in [6, 6.07) is 23.4. The predicted octanol–water partition coefficient (Wildman–Crippen LogP) is 4.03. The molecule has 1 aliphatic rings. The van der Waals surface area contributed by atoms with Gasteiger partial charge in [-0.25, -0.2) is 14.8 Å². The number of hydrazine groups is 1. The fraction of sp³-hybridized carbons (Fsp3) is 0.241. The molecule has 192 valence electrons. The van der Waals surface area contributed by atoms with E-state index in [4.69, 9.17) is 19.6 Å². The van der Waals surface area contributed by atoms with Crippen molar-refractivity contribution in [3.05, 3.63) is 107 Å². The number of carbonyl (C=O) groups excluding carboxylic acids is 1. The monoisotopic (exact) mass is 503 g/mol. The van der Waals surface area contributed by atoms with Gasteiger partial charge in [0.25, 0.3) is 5.91 Å². The molecule has 7 nitrogen and oxygen atoms in total. The fourth-order valence-electron chi connectivity index (χ4n) is 3.79. The molecule has 8 heteroatoms. The number of hydrogen-bond acceptors (Lipinski definition) is 6. The summed E-state index contributed by atoms with van der Waals surface area (Å²) in [5.41, 5.74) is 6.47. The van der Waals surface area contributed by atoms with Crippen molar-refractivity contribution in [2.45, 2.75) is 24.9 Å². The summed E-state index contributed by atoms with van der Waals surface area (Å²) in [5.74, 6) is 0.306. The first kappa shape index (κ1) is 26.1. The number of hydrogen-bond donors (Lipinski definition) is 3. The summed E-state index contributed by atoms with van der Waals surface area (Å²) in [6.07, 6.45) is 4.70. The number of rotatable bonds is 12. The third-order valence-corrected chi connectivity index (χ3v) is 5.86. The number of aliphatic hydroxyl groups is 1. The van der Waals surface area contributed by atoms with Gasteiger partial charge < -0.3 is 14.6 Å². The SMILES string of the molecule is O=C(NNCc1ccccc1F)[C@]1(C/C=C/c2ccccc2)COC(c2ccc(OCCCO)cc2)=N1. The van der Waals surface area contributed by atoms with Crippen LogP contribution in [0.15, 0.2) is 89.9 Å². The summed E-state index contributed by atoms with van der Waals surface area (Å²) in [5, 5.41) is 8.91. The molecule has 37 heavy (non-hydrogen) atoms. The van der Waals surface area contributed by atoms with E-state index in [9.17, 15) is 9.18 Å². The molecule has 0 fully saturated rings. The number of halogens is 1. The highest BCUT2D eigenvalue weighted by Crippen LogP contribution is 2.27. The molecule has 4 rings (SSSR count). The second-order valence-corrected chi connectivity index (χ2v) is 8.60. The van der Waals surface area contributed by atoms with Crippen LogP contribution in [0.25, 0.3) is 6.08 Å². The van der Waals surface area contributed by atoms with Gasteiger partial charge in [-0.3, -0.25) is 10.2 Å². The van der Waals surface area contributed by atoms with E-state index in [2.05, 4.69) is 10.9 Å². The Labute approximate surface area is 215 Å². The molecule has 0 spiro atoms. The van der Waals surface area contributed by atoms with E-state index in [-0.39, 0.29) is 31.5 Å². The van der Waals surface area contributed by atoms with E-state index in [1.165, 1.54) is 6.07 Å². The average molecular weight is 504 g/mol. The molecular weight excluding hydrogens is 473 g/mol. The highest BCUT2D eigenvalue weighted by atomic mass is 19.1. The van der Waals surface area contributed by atoms with Crippen molar-refractivity contribution in [2.75, 3.05) is 19.8 Å². The predicted molar refractivity (Wildman–Crippen MR) is 140 cm³/mol. The van der Waals surface area contributed by atoms with E-state index in [1.54, 1.807) is 30.3 Å². The molecule has 0 radical (unpaired) electrons. The van der Waals surface area contributed by atoms with E-state index in [0.29, 0.717) is 36.7 Å². The van der Waals surface area contributed by atoms with Crippen LogP contribution in [-0.2, 0) is 16.1 Å². The number of nitrogens with one attached hydrogen (secondary N) is 2. The van der Waals surface area contributed by atoms with Crippen molar-refractivity contribution < 1.29 is 23.8 Å². The van der Waals surface area contributed by atoms with Crippen LogP contribution in [0.2, 0.25) is 0 Å². The third-order valence-electron chi connectivity index (χ3n) is 5.86. The first-order valence-corrected chi connectivity index (χ1v) is 12.1. The Morgan fingerprint density at radius 2 is 1.84 bits per heavy atom. The standard InChI is InChI=1S/C29H30FN3O4/c30-26-12-5-4-11-24(26)20-31-33-28(35)29(17-6-10-22-8-2-1-3-9-22)21-37-27(32-29)23-13-15-25(16-14-23)36-19-7-18-34/h1-6,8-16,31,34H,7,17-21H2,(H,33,35)/b10-6+/t29-/m0/s1. The zero-order valence-corrected chi connectivity index (χ0v) is 20.4. The lowest BCUT2D eigenvalue weighted by atomic mass is 9.95. The number of nitrogens with zero attached hydrogens (tertiary/aromatic N) is 1. The maximum absolute atomic E-state index is 13.9. The normalized spacial score (nSPS) is 16.9. The van der Waals surface area contributed by atoms with Crippen LogP contribution in [0.5, 0.6) is 5.75 Å². The summed E-state index contributed by atoms with van der Waals surface area (Å²) in [4.78, 5) is 18.0. The van der Waals surface area contributed by atoms with E-state index in [0.717, 1.165) is 11.1 Å². The number of carbonyl (C=O) groups is 1. The molecule has 0 saturated carbocycles. The second-order valence-electron chi connectivity index (χ2n) is 8.60. The van der Waals surface area contributed by atoms with Crippen molar-refractivity contribution in [2.24, 2.45) is 4.99 Å². The average Bonchev–Trinajstić information content (AvgIpc) is 3.36. The Morgan fingerprint density at radius 1 is 1.08 bits per heavy atom. The van der Waals surface area contributed by atoms with Crippen molar-refractivity contribution in [3.8, 4) is 5.75 Å². The molecular formula is C29H30FN3O4. The number of aliphatic hydroxyl groups excluding tert-OH is 1. The Kier molecular flexibility index (Phi) is 9.02. The zero-order valence-electron chi connectivity index (χ0n) is 20.4. The van der Waals surface area contributed by atoms with Crippen molar-refractivity contribution >= 4 is 17.9 Å². The number of aliphatic imine (C=N–C) groups is 1. The molecule has 1 heterocycles. The van der Waals surface area contributed by atoms with Gasteiger partial charge in [0.15, 0.2) is 5.54 Å². The van der Waals surface area contributed by atoms with Gasteiger partial charge in [-0.2, -0.15) is 0 Å². The molecule has 1 aliphatic heterocycles. The van der Waals surface area contributed by atoms with Gasteiger partial charge in [0.1, 0.15) is 18.2 Å². The topological polar surface area (TPSA) is 92.2 Å². The van der Waals surface area contributed by atoms with Crippen LogP contribution in [0, 0.1) is 5.82 Å². The van der Waals surface area contributed by atoms with E-state index < -0.39 is 5.54 Å². The highest BCUT2D eigenvalue weighted by molar-refractivity contribution is 6.00. The largest absolute Gasteiger partial charge is 0.494 e. The van der Waals surface area contributed by atoms with Gasteiger partial charge in [-0.1, -0.05) is 60.7 Å². The lowest BCUT2D eigenvalue weighted by Gasteiger charge is -2.22. The molecule has 3 aromatic carbocycles. The second kappa shape index (κ2) is 12.8. The highest BCUT2D eigenvalue weighted by Gasteiger charge is 2.43. The number of amides is 1. The number of benzene rings is 3. The molecule has 0 aliphatic carbocycles. The van der Waals surface area contributed by atoms with Crippen LogP contribution in [-0.4, -0.2) is 42.3 Å². The van der Waals surface area contributed by atoms with Crippen molar-refractivity contribution in [1.29, 1.82) is 0 Å². The zero-order chi connectivity index (χ0) is 25.9. The number of ether oxygens (including phenoxy) is 2. The van der Waals surface area contributed by atoms with Gasteiger partial charge in [0.2, 0.25) is 5.90 Å². The van der Waals surface area contributed by atoms with Gasteiger partial charge in [0.05, 0.1) is 6.61 Å². The minimum atomic E-state index is -1.20. The molecule has 0 unspecified atom stereocenters. The summed E-state index contributed by atoms with van der Waals surface area (Å²) >= 11 is 0. The van der Waals surface area contributed by atoms with Crippen LogP contribution in [0.4, 0.5) is 4.39 Å². The first-order chi connectivity index (χ1) is 18.1. The van der Waals surface area contributed by atoms with Crippen LogP contribution in [0.1, 0.15) is 29.5 Å². The maximum atomic E-state index is 13.9. The molecule has 3 aromatic rings. The van der Waals surface area contributed by atoms with Gasteiger partial charge in [0, 0.05) is 37.1 Å². The van der Waals surface area contributed by atoms with Gasteiger partial charge in [-0.15, -0.1) is 0 Å². The molecule has 0 aromatic heterocycles. The summed E-state index contributed by atoms with van der Waals surface area (Å²) < 4.78 is 25.4. The van der Waals surface area contributed by atoms with E-state index in [1.807, 2.05) is 54.6 Å². The van der Waals surface area contributed by atoms with Gasteiger partial charge in [-0.05, 0) is 35.9 Å². The minimum absolute atomic E-state index is 0.0590. The molecule has 1 atom stereocenters. The third kappa shape index (κ3) is 7.03. The Bertz CT molecular complexity index is 1230. The van der Waals surface area contributed by atoms with E-state index >= 15 is 0 Å². The lowest BCUT2D eigenvalue weighted by Crippen LogP contribution is -2.51. The van der Waals surface area contributed by atoms with Gasteiger partial charge >= 0.3 is 0 Å².